The largest absolute Gasteiger partial charge is 0.338 e. The summed E-state index contributed by atoms with van der Waals surface area (Å²) in [7, 11) is 0. The lowest BCUT2D eigenvalue weighted by atomic mass is 9.71. The molecule has 0 fully saturated rings. The highest BCUT2D eigenvalue weighted by Gasteiger charge is 2.32. The van der Waals surface area contributed by atoms with Gasteiger partial charge in [-0.25, -0.2) is 13.9 Å². The molecule has 0 bridgehead atoms. The average Bonchev–Trinajstić information content (AvgIpc) is 3.19. The fourth-order valence-corrected chi connectivity index (χ4v) is 4.27. The van der Waals surface area contributed by atoms with Crippen molar-refractivity contribution in [1.29, 1.82) is 0 Å². The van der Waals surface area contributed by atoms with Crippen molar-refractivity contribution in [2.75, 3.05) is 13.1 Å². The second kappa shape index (κ2) is 10.1. The summed E-state index contributed by atoms with van der Waals surface area (Å²) in [6, 6.07) is 12.5. The van der Waals surface area contributed by atoms with Crippen molar-refractivity contribution in [1.82, 2.24) is 20.4 Å². The van der Waals surface area contributed by atoms with Crippen LogP contribution in [0.4, 0.5) is 9.18 Å². The summed E-state index contributed by atoms with van der Waals surface area (Å²) in [6.45, 7) is 13.5. The average molecular weight is 468 g/mol. The minimum atomic E-state index is -0.457. The van der Waals surface area contributed by atoms with Crippen LogP contribution < -0.4 is 16.4 Å². The van der Waals surface area contributed by atoms with Gasteiger partial charge < -0.3 is 16.4 Å². The van der Waals surface area contributed by atoms with Crippen LogP contribution in [0.3, 0.4) is 0 Å². The highest BCUT2D eigenvalue weighted by molar-refractivity contribution is 5.81. The van der Waals surface area contributed by atoms with E-state index in [0.717, 1.165) is 23.0 Å². The van der Waals surface area contributed by atoms with Crippen molar-refractivity contribution >= 4 is 16.9 Å². The Morgan fingerprint density at radius 1 is 1.12 bits per heavy atom. The molecule has 2 aromatic carbocycles. The van der Waals surface area contributed by atoms with E-state index in [2.05, 4.69) is 61.6 Å². The molecule has 0 radical (unpaired) electrons. The number of nitrogens with zero attached hydrogens (tertiary/aromatic N) is 2. The molecule has 2 amide bonds. The molecule has 7 heteroatoms. The van der Waals surface area contributed by atoms with E-state index in [0.29, 0.717) is 19.0 Å². The van der Waals surface area contributed by atoms with Crippen LogP contribution in [0.25, 0.3) is 16.6 Å². The molecule has 3 rings (SSSR count). The van der Waals surface area contributed by atoms with Crippen LogP contribution in [0.2, 0.25) is 0 Å². The van der Waals surface area contributed by atoms with E-state index in [4.69, 9.17) is 5.73 Å². The van der Waals surface area contributed by atoms with Gasteiger partial charge in [-0.1, -0.05) is 33.8 Å². The molecule has 184 valence electrons. The number of hydrogen-bond donors (Lipinski definition) is 3. The smallest absolute Gasteiger partial charge is 0.315 e. The van der Waals surface area contributed by atoms with Gasteiger partial charge in [-0.05, 0) is 79.5 Å². The maximum absolute atomic E-state index is 13.3. The predicted molar refractivity (Wildman–Crippen MR) is 137 cm³/mol. The third-order valence-electron chi connectivity index (χ3n) is 6.38. The second-order valence-electron chi connectivity index (χ2n) is 10.9. The van der Waals surface area contributed by atoms with Gasteiger partial charge in [-0.3, -0.25) is 0 Å². The summed E-state index contributed by atoms with van der Waals surface area (Å²) in [5.74, 6) is 0.455. The van der Waals surface area contributed by atoms with E-state index in [1.807, 2.05) is 24.7 Å². The monoisotopic (exact) mass is 467 g/mol. The van der Waals surface area contributed by atoms with Crippen LogP contribution in [0, 0.1) is 17.2 Å². The third-order valence-corrected chi connectivity index (χ3v) is 6.38. The number of hydrogen-bond acceptors (Lipinski definition) is 3. The Balaban J connectivity index is 1.85. The van der Waals surface area contributed by atoms with Crippen molar-refractivity contribution in [2.45, 2.75) is 59.4 Å². The molecular weight excluding hydrogens is 429 g/mol. The minimum Gasteiger partial charge on any atom is -0.338 e. The molecule has 1 atom stereocenters. The van der Waals surface area contributed by atoms with E-state index in [1.54, 1.807) is 12.1 Å². The molecule has 3 aromatic rings. The number of fused-ring (bicyclic) bond motifs is 1. The maximum Gasteiger partial charge on any atom is 0.315 e. The Labute approximate surface area is 202 Å². The molecule has 0 saturated carbocycles. The molecule has 0 saturated heterocycles. The number of urea groups is 1. The number of nitrogens with two attached hydrogens (primary N) is 1. The lowest BCUT2D eigenvalue weighted by molar-refractivity contribution is 0.210. The van der Waals surface area contributed by atoms with E-state index >= 15 is 0 Å². The zero-order valence-corrected chi connectivity index (χ0v) is 21.2. The molecule has 1 aromatic heterocycles. The quantitative estimate of drug-likeness (QED) is 0.396. The molecule has 0 aliphatic carbocycles. The minimum absolute atomic E-state index is 0.185. The zero-order chi connectivity index (χ0) is 25.1. The number of carbonyl (C=O) groups excluding carboxylic acids is 1. The Bertz CT molecular complexity index is 1120. The molecule has 0 spiro atoms. The van der Waals surface area contributed by atoms with Crippen molar-refractivity contribution in [3.8, 4) is 5.69 Å². The fraction of sp³-hybridized carbons (Fsp3) is 0.481. The number of benzene rings is 2. The molecule has 4 N–H and O–H groups in total. The predicted octanol–water partition coefficient (Wildman–Crippen LogP) is 5.36. The summed E-state index contributed by atoms with van der Waals surface area (Å²) in [5, 5.41) is 11.6. The van der Waals surface area contributed by atoms with E-state index < -0.39 is 5.54 Å². The number of halogens is 1. The molecule has 1 heterocycles. The van der Waals surface area contributed by atoms with Gasteiger partial charge >= 0.3 is 6.03 Å². The van der Waals surface area contributed by atoms with Crippen LogP contribution >= 0.6 is 0 Å². The van der Waals surface area contributed by atoms with Gasteiger partial charge in [0.2, 0.25) is 0 Å². The third kappa shape index (κ3) is 6.14. The van der Waals surface area contributed by atoms with Crippen molar-refractivity contribution in [2.24, 2.45) is 17.1 Å². The van der Waals surface area contributed by atoms with Gasteiger partial charge in [-0.15, -0.1) is 0 Å². The van der Waals surface area contributed by atoms with Gasteiger partial charge in [0.05, 0.1) is 17.4 Å². The van der Waals surface area contributed by atoms with Gasteiger partial charge in [0.15, 0.2) is 0 Å². The number of carbonyl (C=O) groups is 1. The molecule has 1 unspecified atom stereocenters. The Hall–Kier alpha value is -2.93. The van der Waals surface area contributed by atoms with Crippen molar-refractivity contribution in [3.05, 3.63) is 60.0 Å². The first-order valence-corrected chi connectivity index (χ1v) is 11.9. The Morgan fingerprint density at radius 3 is 2.41 bits per heavy atom. The number of amides is 2. The number of rotatable bonds is 9. The highest BCUT2D eigenvalue weighted by Crippen LogP contribution is 2.41. The molecule has 0 aliphatic heterocycles. The Kier molecular flexibility index (Phi) is 7.66. The SMILES string of the molecule is CC(C)CC(c1ccc2c(cnn2-c2ccc(F)cc2)c1)C(C)(C)CNC(=O)NC(C)(C)CN. The maximum atomic E-state index is 13.3. The summed E-state index contributed by atoms with van der Waals surface area (Å²) < 4.78 is 15.2. The van der Waals surface area contributed by atoms with Crippen LogP contribution in [0.15, 0.2) is 48.7 Å². The van der Waals surface area contributed by atoms with Crippen molar-refractivity contribution < 1.29 is 9.18 Å². The second-order valence-corrected chi connectivity index (χ2v) is 10.9. The van der Waals surface area contributed by atoms with Gasteiger partial charge in [0.25, 0.3) is 0 Å². The first-order valence-electron chi connectivity index (χ1n) is 11.9. The fourth-order valence-electron chi connectivity index (χ4n) is 4.27. The topological polar surface area (TPSA) is 85.0 Å². The van der Waals surface area contributed by atoms with E-state index in [1.165, 1.54) is 17.7 Å². The Morgan fingerprint density at radius 2 is 1.79 bits per heavy atom. The van der Waals surface area contributed by atoms with Crippen LogP contribution in [0.1, 0.15) is 59.4 Å². The summed E-state index contributed by atoms with van der Waals surface area (Å²) in [4.78, 5) is 12.5. The van der Waals surface area contributed by atoms with Crippen LogP contribution in [0.5, 0.6) is 0 Å². The normalized spacial score (nSPS) is 13.3. The first kappa shape index (κ1) is 25.7. The number of aromatic nitrogens is 2. The highest BCUT2D eigenvalue weighted by atomic mass is 19.1. The van der Waals surface area contributed by atoms with E-state index in [9.17, 15) is 9.18 Å². The van der Waals surface area contributed by atoms with Crippen LogP contribution in [-0.4, -0.2) is 34.4 Å². The molecule has 6 nitrogen and oxygen atoms in total. The van der Waals surface area contributed by atoms with E-state index in [-0.39, 0.29) is 23.2 Å². The molecular formula is C27H38FN5O. The first-order chi connectivity index (χ1) is 15.9. The molecule has 34 heavy (non-hydrogen) atoms. The van der Waals surface area contributed by atoms with Gasteiger partial charge in [0.1, 0.15) is 5.82 Å². The summed E-state index contributed by atoms with van der Waals surface area (Å²) in [6.07, 6.45) is 2.84. The summed E-state index contributed by atoms with van der Waals surface area (Å²) in [5.41, 5.74) is 8.10. The lowest BCUT2D eigenvalue weighted by Crippen LogP contribution is -2.53. The van der Waals surface area contributed by atoms with Crippen LogP contribution in [-0.2, 0) is 0 Å². The molecule has 0 aliphatic rings. The lowest BCUT2D eigenvalue weighted by Gasteiger charge is -2.37. The van der Waals surface area contributed by atoms with Crippen molar-refractivity contribution in [3.63, 3.8) is 0 Å². The van der Waals surface area contributed by atoms with Gasteiger partial charge in [-0.2, -0.15) is 5.10 Å². The van der Waals surface area contributed by atoms with Gasteiger partial charge in [0, 0.05) is 24.0 Å². The standard InChI is InChI=1S/C27H38FN5O/c1-18(2)13-23(26(3,4)17-30-25(34)32-27(5,6)16-29)19-7-12-24-20(14-19)15-31-33(24)22-10-8-21(28)9-11-22/h7-12,14-15,18,23H,13,16-17,29H2,1-6H3,(H2,30,32,34). The zero-order valence-electron chi connectivity index (χ0n) is 21.2. The summed E-state index contributed by atoms with van der Waals surface area (Å²) >= 11 is 0. The number of nitrogens with one attached hydrogen (secondary N) is 2.